The highest BCUT2D eigenvalue weighted by atomic mass is 79.9. The van der Waals surface area contributed by atoms with Crippen LogP contribution in [0.3, 0.4) is 0 Å². The molecule has 1 amide bonds. The Balaban J connectivity index is 2.11. The molecule has 0 heterocycles. The number of halogens is 1. The van der Waals surface area contributed by atoms with Gasteiger partial charge in [0.15, 0.2) is 0 Å². The summed E-state index contributed by atoms with van der Waals surface area (Å²) in [6.45, 7) is 2.27. The number of rotatable bonds is 2. The van der Waals surface area contributed by atoms with Gasteiger partial charge in [-0.15, -0.1) is 0 Å². The molecule has 0 bridgehead atoms. The van der Waals surface area contributed by atoms with Crippen molar-refractivity contribution in [2.45, 2.75) is 38.6 Å². The predicted octanol–water partition coefficient (Wildman–Crippen LogP) is 3.68. The normalized spacial score (nSPS) is 23.1. The molecule has 1 aliphatic carbocycles. The second kappa shape index (κ2) is 5.95. The maximum atomic E-state index is 12.5. The standard InChI is InChI=1S/C15H21BrN2O/c1-10-4-3-5-12(8-10)18(2)15(19)11-6-7-13(16)14(17)9-11/h6-7,9-10,12H,3-5,8,17H2,1-2H3. The summed E-state index contributed by atoms with van der Waals surface area (Å²) < 4.78 is 0.831. The highest BCUT2D eigenvalue weighted by Crippen LogP contribution is 2.28. The zero-order valence-electron chi connectivity index (χ0n) is 11.5. The summed E-state index contributed by atoms with van der Waals surface area (Å²) in [5.41, 5.74) is 7.12. The largest absolute Gasteiger partial charge is 0.398 e. The number of hydrogen-bond acceptors (Lipinski definition) is 2. The second-order valence-electron chi connectivity index (χ2n) is 5.58. The van der Waals surface area contributed by atoms with Crippen LogP contribution in [0.1, 0.15) is 43.0 Å². The van der Waals surface area contributed by atoms with E-state index in [4.69, 9.17) is 5.73 Å². The summed E-state index contributed by atoms with van der Waals surface area (Å²) in [5, 5.41) is 0. The van der Waals surface area contributed by atoms with E-state index in [-0.39, 0.29) is 5.91 Å². The van der Waals surface area contributed by atoms with Gasteiger partial charge in [0.2, 0.25) is 0 Å². The van der Waals surface area contributed by atoms with Crippen molar-refractivity contribution >= 4 is 27.5 Å². The quantitative estimate of drug-likeness (QED) is 0.843. The summed E-state index contributed by atoms with van der Waals surface area (Å²) >= 11 is 3.35. The van der Waals surface area contributed by atoms with E-state index in [2.05, 4.69) is 22.9 Å². The third-order valence-electron chi connectivity index (χ3n) is 4.02. The molecule has 0 aromatic heterocycles. The summed E-state index contributed by atoms with van der Waals surface area (Å²) in [6, 6.07) is 5.77. The summed E-state index contributed by atoms with van der Waals surface area (Å²) in [7, 11) is 1.91. The zero-order chi connectivity index (χ0) is 14.0. The third-order valence-corrected chi connectivity index (χ3v) is 4.74. The zero-order valence-corrected chi connectivity index (χ0v) is 13.1. The molecule has 1 fully saturated rings. The first-order valence-electron chi connectivity index (χ1n) is 6.81. The Morgan fingerprint density at radius 3 is 2.79 bits per heavy atom. The molecule has 1 aromatic rings. The Morgan fingerprint density at radius 1 is 1.42 bits per heavy atom. The van der Waals surface area contributed by atoms with Gasteiger partial charge < -0.3 is 10.6 Å². The minimum absolute atomic E-state index is 0.0679. The molecule has 104 valence electrons. The molecule has 19 heavy (non-hydrogen) atoms. The number of nitrogen functional groups attached to an aromatic ring is 1. The van der Waals surface area contributed by atoms with Crippen molar-refractivity contribution in [1.82, 2.24) is 4.90 Å². The fourth-order valence-corrected chi connectivity index (χ4v) is 3.05. The summed E-state index contributed by atoms with van der Waals surface area (Å²) in [6.07, 6.45) is 4.71. The van der Waals surface area contributed by atoms with Crippen molar-refractivity contribution < 1.29 is 4.79 Å². The van der Waals surface area contributed by atoms with Crippen LogP contribution in [-0.4, -0.2) is 23.9 Å². The molecule has 1 aliphatic rings. The van der Waals surface area contributed by atoms with Crippen LogP contribution in [-0.2, 0) is 0 Å². The van der Waals surface area contributed by atoms with Gasteiger partial charge in [-0.1, -0.05) is 19.8 Å². The van der Waals surface area contributed by atoms with E-state index in [1.54, 1.807) is 6.07 Å². The third kappa shape index (κ3) is 3.30. The van der Waals surface area contributed by atoms with Gasteiger partial charge in [-0.3, -0.25) is 4.79 Å². The van der Waals surface area contributed by atoms with Gasteiger partial charge in [0.05, 0.1) is 0 Å². The molecule has 1 aromatic carbocycles. The molecule has 0 spiro atoms. The van der Waals surface area contributed by atoms with E-state index in [0.29, 0.717) is 23.2 Å². The highest BCUT2D eigenvalue weighted by Gasteiger charge is 2.26. The van der Waals surface area contributed by atoms with Crippen LogP contribution in [0, 0.1) is 5.92 Å². The van der Waals surface area contributed by atoms with Crippen LogP contribution in [0.4, 0.5) is 5.69 Å². The predicted molar refractivity (Wildman–Crippen MR) is 82.1 cm³/mol. The van der Waals surface area contributed by atoms with Crippen molar-refractivity contribution in [3.8, 4) is 0 Å². The summed E-state index contributed by atoms with van der Waals surface area (Å²) in [5.74, 6) is 0.780. The lowest BCUT2D eigenvalue weighted by Crippen LogP contribution is -2.39. The fraction of sp³-hybridized carbons (Fsp3) is 0.533. The van der Waals surface area contributed by atoms with Gasteiger partial charge in [0.25, 0.3) is 5.91 Å². The second-order valence-corrected chi connectivity index (χ2v) is 6.43. The maximum Gasteiger partial charge on any atom is 0.253 e. The topological polar surface area (TPSA) is 46.3 Å². The minimum Gasteiger partial charge on any atom is -0.398 e. The maximum absolute atomic E-state index is 12.5. The van der Waals surface area contributed by atoms with Crippen LogP contribution in [0.25, 0.3) is 0 Å². The molecule has 1 saturated carbocycles. The van der Waals surface area contributed by atoms with Gasteiger partial charge in [-0.2, -0.15) is 0 Å². The lowest BCUT2D eigenvalue weighted by molar-refractivity contribution is 0.0672. The molecular weight excluding hydrogens is 304 g/mol. The number of carbonyl (C=O) groups excluding carboxylic acids is 1. The first kappa shape index (κ1) is 14.4. The molecular formula is C15H21BrN2O. The van der Waals surface area contributed by atoms with E-state index < -0.39 is 0 Å². The van der Waals surface area contributed by atoms with Crippen LogP contribution in [0.2, 0.25) is 0 Å². The van der Waals surface area contributed by atoms with Gasteiger partial charge in [-0.25, -0.2) is 0 Å². The van der Waals surface area contributed by atoms with Crippen LogP contribution in [0.15, 0.2) is 22.7 Å². The number of nitrogens with zero attached hydrogens (tertiary/aromatic N) is 1. The molecule has 0 aliphatic heterocycles. The Kier molecular flexibility index (Phi) is 4.50. The van der Waals surface area contributed by atoms with E-state index >= 15 is 0 Å². The molecule has 2 rings (SSSR count). The molecule has 2 N–H and O–H groups in total. The first-order chi connectivity index (χ1) is 8.99. The summed E-state index contributed by atoms with van der Waals surface area (Å²) in [4.78, 5) is 14.4. The Hall–Kier alpha value is -1.03. The smallest absolute Gasteiger partial charge is 0.253 e. The molecule has 4 heteroatoms. The van der Waals surface area contributed by atoms with Crippen molar-refractivity contribution in [1.29, 1.82) is 0 Å². The van der Waals surface area contributed by atoms with E-state index in [1.807, 2.05) is 24.1 Å². The van der Waals surface area contributed by atoms with Crippen molar-refractivity contribution in [2.75, 3.05) is 12.8 Å². The van der Waals surface area contributed by atoms with E-state index in [0.717, 1.165) is 17.3 Å². The molecule has 0 radical (unpaired) electrons. The van der Waals surface area contributed by atoms with E-state index in [1.165, 1.54) is 12.8 Å². The number of amides is 1. The van der Waals surface area contributed by atoms with Gasteiger partial charge in [0.1, 0.15) is 0 Å². The lowest BCUT2D eigenvalue weighted by atomic mass is 9.86. The number of benzene rings is 1. The van der Waals surface area contributed by atoms with Crippen molar-refractivity contribution in [3.63, 3.8) is 0 Å². The fourth-order valence-electron chi connectivity index (χ4n) is 2.80. The Morgan fingerprint density at radius 2 is 2.16 bits per heavy atom. The Labute approximate surface area is 123 Å². The van der Waals surface area contributed by atoms with Crippen molar-refractivity contribution in [3.05, 3.63) is 28.2 Å². The lowest BCUT2D eigenvalue weighted by Gasteiger charge is -2.34. The molecule has 2 atom stereocenters. The van der Waals surface area contributed by atoms with Crippen LogP contribution >= 0.6 is 15.9 Å². The molecule has 3 nitrogen and oxygen atoms in total. The minimum atomic E-state index is 0.0679. The number of anilines is 1. The van der Waals surface area contributed by atoms with E-state index in [9.17, 15) is 4.79 Å². The number of nitrogens with two attached hydrogens (primary N) is 1. The van der Waals surface area contributed by atoms with Gasteiger partial charge in [-0.05, 0) is 52.9 Å². The Bertz CT molecular complexity index is 475. The molecule has 0 saturated heterocycles. The monoisotopic (exact) mass is 324 g/mol. The SMILES string of the molecule is CC1CCCC(N(C)C(=O)c2ccc(Br)c(N)c2)C1. The van der Waals surface area contributed by atoms with Crippen LogP contribution < -0.4 is 5.73 Å². The average Bonchev–Trinajstić information content (AvgIpc) is 2.40. The number of hydrogen-bond donors (Lipinski definition) is 1. The van der Waals surface area contributed by atoms with Gasteiger partial charge >= 0.3 is 0 Å². The van der Waals surface area contributed by atoms with Crippen molar-refractivity contribution in [2.24, 2.45) is 5.92 Å². The first-order valence-corrected chi connectivity index (χ1v) is 7.60. The highest BCUT2D eigenvalue weighted by molar-refractivity contribution is 9.10. The van der Waals surface area contributed by atoms with Gasteiger partial charge in [0, 0.05) is 28.8 Å². The molecule has 2 unspecified atom stereocenters. The average molecular weight is 325 g/mol. The number of carbonyl (C=O) groups is 1. The van der Waals surface area contributed by atoms with Crippen LogP contribution in [0.5, 0.6) is 0 Å².